The van der Waals surface area contributed by atoms with E-state index in [9.17, 15) is 5.26 Å². The molecule has 0 aliphatic carbocycles. The predicted octanol–water partition coefficient (Wildman–Crippen LogP) is 4.24. The second-order valence-electron chi connectivity index (χ2n) is 6.71. The molecule has 0 spiro atoms. The van der Waals surface area contributed by atoms with Crippen molar-refractivity contribution in [2.45, 2.75) is 45.4 Å². The Morgan fingerprint density at radius 1 is 1.17 bits per heavy atom. The van der Waals surface area contributed by atoms with Crippen LogP contribution in [0.2, 0.25) is 0 Å². The standard InChI is InChI=1S/C20H32N2O2/c1-7-12-22(4)13-8-11-20(15-21,16(2)3)17-9-10-18(23-5)19(14-17)24-6/h9-10,14,16H,7-8,11-13H2,1-6H3. The molecule has 0 amide bonds. The first-order valence-corrected chi connectivity index (χ1v) is 8.77. The van der Waals surface area contributed by atoms with Crippen molar-refractivity contribution >= 4 is 0 Å². The number of ether oxygens (including phenoxy) is 2. The Balaban J connectivity index is 3.06. The van der Waals surface area contributed by atoms with Gasteiger partial charge in [0.15, 0.2) is 11.5 Å². The van der Waals surface area contributed by atoms with Gasteiger partial charge in [-0.25, -0.2) is 0 Å². The lowest BCUT2D eigenvalue weighted by atomic mass is 9.69. The Labute approximate surface area is 147 Å². The summed E-state index contributed by atoms with van der Waals surface area (Å²) in [5.74, 6) is 1.59. The number of benzene rings is 1. The summed E-state index contributed by atoms with van der Waals surface area (Å²) < 4.78 is 10.8. The molecule has 1 atom stereocenters. The summed E-state index contributed by atoms with van der Waals surface area (Å²) in [6.07, 6.45) is 2.99. The van der Waals surface area contributed by atoms with Gasteiger partial charge >= 0.3 is 0 Å². The first-order chi connectivity index (χ1) is 11.4. The van der Waals surface area contributed by atoms with Crippen molar-refractivity contribution in [3.63, 3.8) is 0 Å². The number of hydrogen-bond acceptors (Lipinski definition) is 4. The first-order valence-electron chi connectivity index (χ1n) is 8.77. The second kappa shape index (κ2) is 9.54. The Kier molecular flexibility index (Phi) is 8.07. The third-order valence-electron chi connectivity index (χ3n) is 4.80. The molecule has 4 heteroatoms. The zero-order valence-corrected chi connectivity index (χ0v) is 16.1. The Morgan fingerprint density at radius 2 is 1.83 bits per heavy atom. The summed E-state index contributed by atoms with van der Waals surface area (Å²) in [4.78, 5) is 2.33. The third-order valence-corrected chi connectivity index (χ3v) is 4.80. The van der Waals surface area contributed by atoms with Gasteiger partial charge in [0.2, 0.25) is 0 Å². The lowest BCUT2D eigenvalue weighted by Crippen LogP contribution is -2.32. The van der Waals surface area contributed by atoms with Crippen LogP contribution in [0, 0.1) is 17.2 Å². The fourth-order valence-electron chi connectivity index (χ4n) is 3.25. The van der Waals surface area contributed by atoms with Crippen molar-refractivity contribution in [1.29, 1.82) is 5.26 Å². The molecule has 0 aliphatic rings. The van der Waals surface area contributed by atoms with Gasteiger partial charge in [-0.3, -0.25) is 0 Å². The minimum absolute atomic E-state index is 0.220. The molecule has 0 saturated carbocycles. The van der Waals surface area contributed by atoms with Crippen molar-refractivity contribution in [1.82, 2.24) is 4.90 Å². The maximum atomic E-state index is 10.0. The van der Waals surface area contributed by atoms with E-state index in [1.165, 1.54) is 0 Å². The highest BCUT2D eigenvalue weighted by atomic mass is 16.5. The zero-order chi connectivity index (χ0) is 18.2. The van der Waals surface area contributed by atoms with Gasteiger partial charge in [-0.1, -0.05) is 26.8 Å². The quantitative estimate of drug-likeness (QED) is 0.643. The molecule has 0 bridgehead atoms. The molecule has 0 N–H and O–H groups in total. The van der Waals surface area contributed by atoms with Gasteiger partial charge in [0, 0.05) is 0 Å². The molecule has 4 nitrogen and oxygen atoms in total. The molecule has 0 aliphatic heterocycles. The van der Waals surface area contributed by atoms with Crippen molar-refractivity contribution in [3.8, 4) is 17.6 Å². The van der Waals surface area contributed by atoms with E-state index in [4.69, 9.17) is 9.47 Å². The molecule has 0 heterocycles. The fourth-order valence-corrected chi connectivity index (χ4v) is 3.25. The monoisotopic (exact) mass is 332 g/mol. The summed E-state index contributed by atoms with van der Waals surface area (Å²) >= 11 is 0. The summed E-state index contributed by atoms with van der Waals surface area (Å²) in [5, 5.41) is 10.0. The first kappa shape index (κ1) is 20.3. The van der Waals surface area contributed by atoms with Crippen LogP contribution >= 0.6 is 0 Å². The molecule has 134 valence electrons. The lowest BCUT2D eigenvalue weighted by molar-refractivity contribution is 0.291. The minimum Gasteiger partial charge on any atom is -0.493 e. The highest BCUT2D eigenvalue weighted by Gasteiger charge is 2.36. The molecule has 0 radical (unpaired) electrons. The van der Waals surface area contributed by atoms with Crippen LogP contribution in [-0.2, 0) is 5.41 Å². The van der Waals surface area contributed by atoms with Crippen LogP contribution in [0.4, 0.5) is 0 Å². The van der Waals surface area contributed by atoms with Gasteiger partial charge in [0.25, 0.3) is 0 Å². The van der Waals surface area contributed by atoms with Crippen LogP contribution in [0.15, 0.2) is 18.2 Å². The molecule has 0 saturated heterocycles. The average Bonchev–Trinajstić information content (AvgIpc) is 2.58. The normalized spacial score (nSPS) is 13.6. The Morgan fingerprint density at radius 3 is 2.33 bits per heavy atom. The van der Waals surface area contributed by atoms with Crippen molar-refractivity contribution in [3.05, 3.63) is 23.8 Å². The number of methoxy groups -OCH3 is 2. The average molecular weight is 332 g/mol. The van der Waals surface area contributed by atoms with E-state index in [1.807, 2.05) is 18.2 Å². The lowest BCUT2D eigenvalue weighted by Gasteiger charge is -2.32. The van der Waals surface area contributed by atoms with E-state index < -0.39 is 5.41 Å². The zero-order valence-electron chi connectivity index (χ0n) is 16.1. The molecule has 1 aromatic carbocycles. The molecular weight excluding hydrogens is 300 g/mol. The Hall–Kier alpha value is -1.73. The van der Waals surface area contributed by atoms with Crippen molar-refractivity contribution < 1.29 is 9.47 Å². The van der Waals surface area contributed by atoms with E-state index >= 15 is 0 Å². The predicted molar refractivity (Wildman–Crippen MR) is 98.7 cm³/mol. The number of hydrogen-bond donors (Lipinski definition) is 0. The van der Waals surface area contributed by atoms with Crippen LogP contribution < -0.4 is 9.47 Å². The molecule has 1 unspecified atom stereocenters. The number of nitriles is 1. The van der Waals surface area contributed by atoms with Gasteiger partial charge in [0.05, 0.1) is 25.7 Å². The molecular formula is C20H32N2O2. The van der Waals surface area contributed by atoms with Gasteiger partial charge < -0.3 is 14.4 Å². The van der Waals surface area contributed by atoms with Crippen LogP contribution in [0.3, 0.4) is 0 Å². The molecule has 0 fully saturated rings. The fraction of sp³-hybridized carbons (Fsp3) is 0.650. The molecule has 1 rings (SSSR count). The molecule has 1 aromatic rings. The maximum Gasteiger partial charge on any atom is 0.161 e. The van der Waals surface area contributed by atoms with Gasteiger partial charge in [-0.15, -0.1) is 0 Å². The summed E-state index contributed by atoms with van der Waals surface area (Å²) in [5.41, 5.74) is 0.503. The van der Waals surface area contributed by atoms with Crippen LogP contribution in [0.1, 0.15) is 45.6 Å². The van der Waals surface area contributed by atoms with E-state index in [-0.39, 0.29) is 5.92 Å². The number of rotatable bonds is 10. The van der Waals surface area contributed by atoms with Crippen LogP contribution in [0.25, 0.3) is 0 Å². The topological polar surface area (TPSA) is 45.5 Å². The SMILES string of the molecule is CCCN(C)CCCC(C#N)(c1ccc(OC)c(OC)c1)C(C)C. The summed E-state index contributed by atoms with van der Waals surface area (Å²) in [6.45, 7) is 8.54. The van der Waals surface area contributed by atoms with Crippen molar-refractivity contribution in [2.75, 3.05) is 34.4 Å². The third kappa shape index (κ3) is 4.64. The highest BCUT2D eigenvalue weighted by Crippen LogP contribution is 2.40. The van der Waals surface area contributed by atoms with E-state index in [1.54, 1.807) is 14.2 Å². The molecule has 0 aromatic heterocycles. The maximum absolute atomic E-state index is 10.0. The minimum atomic E-state index is -0.507. The second-order valence-corrected chi connectivity index (χ2v) is 6.71. The van der Waals surface area contributed by atoms with Gasteiger partial charge in [-0.05, 0) is 63.0 Å². The van der Waals surface area contributed by atoms with E-state index in [0.717, 1.165) is 37.9 Å². The van der Waals surface area contributed by atoms with E-state index in [0.29, 0.717) is 11.5 Å². The number of nitrogens with zero attached hydrogens (tertiary/aromatic N) is 2. The highest BCUT2D eigenvalue weighted by molar-refractivity contribution is 5.47. The van der Waals surface area contributed by atoms with Gasteiger partial charge in [-0.2, -0.15) is 5.26 Å². The summed E-state index contributed by atoms with van der Waals surface area (Å²) in [7, 11) is 5.40. The largest absolute Gasteiger partial charge is 0.493 e. The summed E-state index contributed by atoms with van der Waals surface area (Å²) in [6, 6.07) is 8.46. The smallest absolute Gasteiger partial charge is 0.161 e. The Bertz CT molecular complexity index is 551. The molecule has 24 heavy (non-hydrogen) atoms. The van der Waals surface area contributed by atoms with Crippen LogP contribution in [-0.4, -0.2) is 39.3 Å². The van der Waals surface area contributed by atoms with Crippen molar-refractivity contribution in [2.24, 2.45) is 5.92 Å². The van der Waals surface area contributed by atoms with E-state index in [2.05, 4.69) is 38.8 Å². The van der Waals surface area contributed by atoms with Crippen LogP contribution in [0.5, 0.6) is 11.5 Å². The van der Waals surface area contributed by atoms with Gasteiger partial charge in [0.1, 0.15) is 0 Å².